The molecular weight excluding hydrogens is 250 g/mol. The molecule has 0 aliphatic carbocycles. The van der Waals surface area contributed by atoms with Gasteiger partial charge in [-0.25, -0.2) is 0 Å². The van der Waals surface area contributed by atoms with Crippen LogP contribution in [0.3, 0.4) is 0 Å². The minimum absolute atomic E-state index is 0.153. The molecule has 0 aromatic rings. The summed E-state index contributed by atoms with van der Waals surface area (Å²) in [5.74, 6) is 1.15. The fourth-order valence-electron chi connectivity index (χ4n) is 2.10. The molecule has 0 rings (SSSR count). The van der Waals surface area contributed by atoms with E-state index in [1.165, 1.54) is 64.2 Å². The molecule has 0 heterocycles. The van der Waals surface area contributed by atoms with Crippen LogP contribution in [0.25, 0.3) is 0 Å². The highest BCUT2D eigenvalue weighted by Crippen LogP contribution is 2.28. The molecule has 1 unspecified atom stereocenters. The second kappa shape index (κ2) is 12.9. The van der Waals surface area contributed by atoms with E-state index < -0.39 is 0 Å². The maximum absolute atomic E-state index is 9.08. The van der Waals surface area contributed by atoms with Crippen molar-refractivity contribution in [1.82, 2.24) is 0 Å². The second-order valence-corrected chi connectivity index (χ2v) is 7.32. The normalized spacial score (nSPS) is 14.0. The quantitative estimate of drug-likeness (QED) is 0.369. The Morgan fingerprint density at radius 1 is 0.842 bits per heavy atom. The van der Waals surface area contributed by atoms with Gasteiger partial charge in [-0.05, 0) is 25.5 Å². The Hall–Kier alpha value is -0.160. The van der Waals surface area contributed by atoms with E-state index in [0.717, 1.165) is 12.2 Å². The second-order valence-electron chi connectivity index (χ2n) is 5.73. The van der Waals surface area contributed by atoms with Gasteiger partial charge in [-0.15, -0.1) is 11.8 Å². The first kappa shape index (κ1) is 18.8. The Morgan fingerprint density at radius 2 is 1.32 bits per heavy atom. The highest BCUT2D eigenvalue weighted by Gasteiger charge is 2.20. The van der Waals surface area contributed by atoms with Gasteiger partial charge in [0.25, 0.3) is 0 Å². The van der Waals surface area contributed by atoms with Gasteiger partial charge in [-0.3, -0.25) is 0 Å². The van der Waals surface area contributed by atoms with E-state index in [4.69, 9.17) is 5.26 Å². The van der Waals surface area contributed by atoms with E-state index in [-0.39, 0.29) is 4.75 Å². The largest absolute Gasteiger partial charge is 0.197 e. The molecule has 0 saturated carbocycles. The summed E-state index contributed by atoms with van der Waals surface area (Å²) in [4.78, 5) is 0. The molecular formula is C17H33NS. The Balaban J connectivity index is 3.22. The van der Waals surface area contributed by atoms with E-state index >= 15 is 0 Å². The molecule has 112 valence electrons. The lowest BCUT2D eigenvalue weighted by Gasteiger charge is -2.18. The molecule has 0 aliphatic heterocycles. The standard InChI is InChI=1S/C17H33NS/c1-4-6-7-8-9-10-11-12-13-14-15-19-17(3,5-2)16-18/h4-15H2,1-3H3. The van der Waals surface area contributed by atoms with Gasteiger partial charge >= 0.3 is 0 Å². The highest BCUT2D eigenvalue weighted by atomic mass is 32.2. The summed E-state index contributed by atoms with van der Waals surface area (Å²) < 4.78 is -0.153. The molecule has 0 radical (unpaired) electrons. The van der Waals surface area contributed by atoms with Gasteiger partial charge in [-0.2, -0.15) is 5.26 Å². The predicted octanol–water partition coefficient (Wildman–Crippen LogP) is 6.33. The summed E-state index contributed by atoms with van der Waals surface area (Å²) in [6.07, 6.45) is 14.8. The molecule has 19 heavy (non-hydrogen) atoms. The third-order valence-corrected chi connectivity index (χ3v) is 5.34. The molecule has 1 atom stereocenters. The van der Waals surface area contributed by atoms with Crippen molar-refractivity contribution in [3.8, 4) is 6.07 Å². The predicted molar refractivity (Wildman–Crippen MR) is 88.6 cm³/mol. The van der Waals surface area contributed by atoms with Crippen LogP contribution in [0.5, 0.6) is 0 Å². The molecule has 0 fully saturated rings. The van der Waals surface area contributed by atoms with Crippen molar-refractivity contribution in [2.24, 2.45) is 0 Å². The number of rotatable bonds is 13. The van der Waals surface area contributed by atoms with Crippen molar-refractivity contribution >= 4 is 11.8 Å². The van der Waals surface area contributed by atoms with Gasteiger partial charge in [0.15, 0.2) is 0 Å². The number of hydrogen-bond acceptors (Lipinski definition) is 2. The first-order chi connectivity index (χ1) is 9.18. The molecule has 0 bridgehead atoms. The molecule has 0 aromatic carbocycles. The average Bonchev–Trinajstić information content (AvgIpc) is 2.44. The Bertz CT molecular complexity index is 234. The van der Waals surface area contributed by atoms with E-state index in [0.29, 0.717) is 0 Å². The summed E-state index contributed by atoms with van der Waals surface area (Å²) in [5.41, 5.74) is 0. The smallest absolute Gasteiger partial charge is 0.0992 e. The SMILES string of the molecule is CCCCCCCCCCCCSC(C)(C#N)CC. The monoisotopic (exact) mass is 283 g/mol. The van der Waals surface area contributed by atoms with Crippen LogP contribution in [-0.4, -0.2) is 10.5 Å². The number of nitrogens with zero attached hydrogens (tertiary/aromatic N) is 1. The van der Waals surface area contributed by atoms with Crippen LogP contribution < -0.4 is 0 Å². The van der Waals surface area contributed by atoms with E-state index in [9.17, 15) is 0 Å². The third kappa shape index (κ3) is 11.4. The Kier molecular flexibility index (Phi) is 12.7. The van der Waals surface area contributed by atoms with Gasteiger partial charge in [0, 0.05) is 0 Å². The van der Waals surface area contributed by atoms with Crippen molar-refractivity contribution in [3.05, 3.63) is 0 Å². The summed E-state index contributed by atoms with van der Waals surface area (Å²) in [5, 5.41) is 9.08. The summed E-state index contributed by atoms with van der Waals surface area (Å²) in [6, 6.07) is 2.43. The van der Waals surface area contributed by atoms with Crippen LogP contribution in [0.15, 0.2) is 0 Å². The first-order valence-corrected chi connectivity index (χ1v) is 9.22. The van der Waals surface area contributed by atoms with Crippen molar-refractivity contribution in [3.63, 3.8) is 0 Å². The zero-order valence-corrected chi connectivity index (χ0v) is 14.2. The molecule has 0 spiro atoms. The highest BCUT2D eigenvalue weighted by molar-refractivity contribution is 8.00. The van der Waals surface area contributed by atoms with E-state index in [1.807, 2.05) is 11.8 Å². The molecule has 1 nitrogen and oxygen atoms in total. The molecule has 2 heteroatoms. The van der Waals surface area contributed by atoms with Crippen molar-refractivity contribution in [2.75, 3.05) is 5.75 Å². The minimum atomic E-state index is -0.153. The molecule has 0 aliphatic rings. The fourth-order valence-corrected chi connectivity index (χ4v) is 3.17. The third-order valence-electron chi connectivity index (χ3n) is 3.83. The van der Waals surface area contributed by atoms with Crippen LogP contribution in [0, 0.1) is 11.3 Å². The molecule has 0 aromatic heterocycles. The molecule has 0 saturated heterocycles. The van der Waals surface area contributed by atoms with Gasteiger partial charge in [-0.1, -0.05) is 71.6 Å². The fraction of sp³-hybridized carbons (Fsp3) is 0.941. The lowest BCUT2D eigenvalue weighted by atomic mass is 10.1. The lowest BCUT2D eigenvalue weighted by Crippen LogP contribution is -2.16. The van der Waals surface area contributed by atoms with Gasteiger partial charge < -0.3 is 0 Å². The molecule has 0 amide bonds. The number of unbranched alkanes of at least 4 members (excludes halogenated alkanes) is 9. The van der Waals surface area contributed by atoms with Crippen molar-refractivity contribution < 1.29 is 0 Å². The first-order valence-electron chi connectivity index (χ1n) is 8.23. The van der Waals surface area contributed by atoms with Crippen molar-refractivity contribution in [2.45, 2.75) is 96.1 Å². The van der Waals surface area contributed by atoms with Crippen LogP contribution in [-0.2, 0) is 0 Å². The van der Waals surface area contributed by atoms with Crippen LogP contribution >= 0.6 is 11.8 Å². The summed E-state index contributed by atoms with van der Waals surface area (Å²) in [7, 11) is 0. The maximum atomic E-state index is 9.08. The minimum Gasteiger partial charge on any atom is -0.197 e. The van der Waals surface area contributed by atoms with Crippen LogP contribution in [0.4, 0.5) is 0 Å². The maximum Gasteiger partial charge on any atom is 0.0992 e. The van der Waals surface area contributed by atoms with Crippen LogP contribution in [0.2, 0.25) is 0 Å². The van der Waals surface area contributed by atoms with Crippen LogP contribution in [0.1, 0.15) is 91.4 Å². The number of nitriles is 1. The zero-order valence-electron chi connectivity index (χ0n) is 13.3. The van der Waals surface area contributed by atoms with Crippen molar-refractivity contribution in [1.29, 1.82) is 5.26 Å². The zero-order chi connectivity index (χ0) is 14.4. The summed E-state index contributed by atoms with van der Waals surface area (Å²) >= 11 is 1.84. The number of hydrogen-bond donors (Lipinski definition) is 0. The Labute approximate surface area is 125 Å². The van der Waals surface area contributed by atoms with Gasteiger partial charge in [0.1, 0.15) is 0 Å². The van der Waals surface area contributed by atoms with Gasteiger partial charge in [0.2, 0.25) is 0 Å². The number of thioether (sulfide) groups is 1. The van der Waals surface area contributed by atoms with E-state index in [2.05, 4.69) is 26.8 Å². The topological polar surface area (TPSA) is 23.8 Å². The lowest BCUT2D eigenvalue weighted by molar-refractivity contribution is 0.563. The summed E-state index contributed by atoms with van der Waals surface area (Å²) in [6.45, 7) is 6.44. The van der Waals surface area contributed by atoms with E-state index in [1.54, 1.807) is 0 Å². The Morgan fingerprint density at radius 3 is 1.74 bits per heavy atom. The average molecular weight is 284 g/mol. The molecule has 0 N–H and O–H groups in total. The van der Waals surface area contributed by atoms with Gasteiger partial charge in [0.05, 0.1) is 10.8 Å².